The molecule has 170 valence electrons. The van der Waals surface area contributed by atoms with E-state index in [-0.39, 0.29) is 29.9 Å². The fourth-order valence-corrected chi connectivity index (χ4v) is 3.94. The van der Waals surface area contributed by atoms with Gasteiger partial charge in [0.15, 0.2) is 5.96 Å². The molecule has 7 nitrogen and oxygen atoms in total. The van der Waals surface area contributed by atoms with Crippen molar-refractivity contribution in [3.05, 3.63) is 48.3 Å². The minimum Gasteiger partial charge on any atom is -0.354 e. The normalized spacial score (nSPS) is 15.0. The van der Waals surface area contributed by atoms with Crippen LogP contribution in [0.5, 0.6) is 0 Å². The Morgan fingerprint density at radius 3 is 2.58 bits per heavy atom. The lowest BCUT2D eigenvalue weighted by atomic mass is 9.98. The van der Waals surface area contributed by atoms with Crippen molar-refractivity contribution in [2.75, 3.05) is 20.1 Å². The molecule has 2 N–H and O–H groups in total. The summed E-state index contributed by atoms with van der Waals surface area (Å²) in [6.07, 6.45) is 7.45. The third kappa shape index (κ3) is 6.95. The van der Waals surface area contributed by atoms with E-state index in [0.717, 1.165) is 56.0 Å². The third-order valence-corrected chi connectivity index (χ3v) is 5.85. The first-order valence-corrected chi connectivity index (χ1v) is 11.0. The number of hydrogen-bond donors (Lipinski definition) is 2. The Balaban J connectivity index is 0.00000341. The molecule has 2 heterocycles. The second-order valence-electron chi connectivity index (χ2n) is 7.80. The fraction of sp³-hybridized carbons (Fsp3) is 0.522. The van der Waals surface area contributed by atoms with Gasteiger partial charge in [-0.1, -0.05) is 26.0 Å². The number of aromatic nitrogens is 2. The minimum atomic E-state index is 0. The summed E-state index contributed by atoms with van der Waals surface area (Å²) in [5.41, 5.74) is 2.20. The number of amides is 1. The molecule has 1 aliphatic heterocycles. The van der Waals surface area contributed by atoms with Crippen molar-refractivity contribution in [2.24, 2.45) is 10.9 Å². The molecule has 0 bridgehead atoms. The van der Waals surface area contributed by atoms with Gasteiger partial charge in [-0.05, 0) is 49.4 Å². The number of carbonyl (C=O) groups excluding carboxylic acids is 1. The van der Waals surface area contributed by atoms with E-state index in [1.54, 1.807) is 13.2 Å². The topological polar surface area (TPSA) is 74.6 Å². The predicted octanol–water partition coefficient (Wildman–Crippen LogP) is 3.58. The van der Waals surface area contributed by atoms with Crippen LogP contribution in [0.1, 0.15) is 45.1 Å². The largest absolute Gasteiger partial charge is 0.354 e. The lowest BCUT2D eigenvalue weighted by molar-refractivity contribution is -0.136. The quantitative estimate of drug-likeness (QED) is 0.321. The Hall–Kier alpha value is -2.10. The van der Waals surface area contributed by atoms with Crippen LogP contribution < -0.4 is 10.6 Å². The molecular formula is C23H35IN6O. The first-order valence-electron chi connectivity index (χ1n) is 11.0. The Bertz CT molecular complexity index is 826. The first kappa shape index (κ1) is 25.2. The number of nitrogens with zero attached hydrogens (tertiary/aromatic N) is 4. The molecule has 31 heavy (non-hydrogen) atoms. The molecule has 1 aliphatic rings. The van der Waals surface area contributed by atoms with Crippen molar-refractivity contribution in [2.45, 2.75) is 52.1 Å². The molecule has 3 rings (SSSR count). The Morgan fingerprint density at radius 1 is 1.23 bits per heavy atom. The fourth-order valence-electron chi connectivity index (χ4n) is 3.94. The van der Waals surface area contributed by atoms with Crippen LogP contribution in [-0.4, -0.2) is 52.7 Å². The molecule has 0 atom stereocenters. The molecule has 1 amide bonds. The van der Waals surface area contributed by atoms with E-state index in [1.807, 2.05) is 34.0 Å². The maximum atomic E-state index is 12.6. The van der Waals surface area contributed by atoms with Crippen LogP contribution in [0.25, 0.3) is 5.69 Å². The van der Waals surface area contributed by atoms with Crippen LogP contribution in [0.4, 0.5) is 0 Å². The van der Waals surface area contributed by atoms with Gasteiger partial charge in [-0.3, -0.25) is 9.79 Å². The summed E-state index contributed by atoms with van der Waals surface area (Å²) in [4.78, 5) is 19.0. The molecule has 1 fully saturated rings. The Labute approximate surface area is 202 Å². The van der Waals surface area contributed by atoms with Crippen molar-refractivity contribution >= 4 is 35.8 Å². The first-order chi connectivity index (χ1) is 14.6. The molecule has 1 saturated heterocycles. The molecule has 1 aromatic heterocycles. The maximum Gasteiger partial charge on any atom is 0.225 e. The number of guanidine groups is 1. The summed E-state index contributed by atoms with van der Waals surface area (Å²) < 4.78 is 1.85. The lowest BCUT2D eigenvalue weighted by Gasteiger charge is -2.34. The number of hydrogen-bond acceptors (Lipinski definition) is 3. The van der Waals surface area contributed by atoms with Gasteiger partial charge >= 0.3 is 0 Å². The summed E-state index contributed by atoms with van der Waals surface area (Å²) in [7, 11) is 1.79. The average molecular weight is 538 g/mol. The molecule has 8 heteroatoms. The van der Waals surface area contributed by atoms with Crippen molar-refractivity contribution in [3.63, 3.8) is 0 Å². The van der Waals surface area contributed by atoms with E-state index >= 15 is 0 Å². The number of likely N-dealkylation sites (tertiary alicyclic amines) is 1. The van der Waals surface area contributed by atoms with Crippen molar-refractivity contribution < 1.29 is 4.79 Å². The van der Waals surface area contributed by atoms with E-state index in [4.69, 9.17) is 0 Å². The molecule has 0 saturated carbocycles. The van der Waals surface area contributed by atoms with Crippen molar-refractivity contribution in [1.29, 1.82) is 0 Å². The van der Waals surface area contributed by atoms with Crippen LogP contribution in [-0.2, 0) is 11.3 Å². The smallest absolute Gasteiger partial charge is 0.225 e. The van der Waals surface area contributed by atoms with Crippen molar-refractivity contribution in [1.82, 2.24) is 25.3 Å². The van der Waals surface area contributed by atoms with Crippen LogP contribution in [0.15, 0.2) is 47.7 Å². The van der Waals surface area contributed by atoms with Gasteiger partial charge < -0.3 is 15.5 Å². The number of nitrogens with one attached hydrogen (secondary N) is 2. The molecule has 0 unspecified atom stereocenters. The molecule has 0 radical (unpaired) electrons. The zero-order chi connectivity index (χ0) is 21.3. The van der Waals surface area contributed by atoms with E-state index in [0.29, 0.717) is 18.5 Å². The number of aliphatic imine (C=N–C) groups is 1. The van der Waals surface area contributed by atoms with Crippen LogP contribution >= 0.6 is 24.0 Å². The third-order valence-electron chi connectivity index (χ3n) is 5.85. The predicted molar refractivity (Wildman–Crippen MR) is 136 cm³/mol. The molecule has 1 aromatic carbocycles. The second kappa shape index (κ2) is 12.7. The highest BCUT2D eigenvalue weighted by molar-refractivity contribution is 14.0. The zero-order valence-corrected chi connectivity index (χ0v) is 21.1. The number of carbonyl (C=O) groups is 1. The van der Waals surface area contributed by atoms with Crippen molar-refractivity contribution in [3.8, 4) is 5.69 Å². The van der Waals surface area contributed by atoms with E-state index in [1.165, 1.54) is 0 Å². The standard InChI is InChI=1S/C23H34N6O.HI/c1-4-19(5-2)22(30)28-14-10-20(11-15-28)27-23(24-3)25-17-18-8-6-9-21(16-18)29-13-7-12-26-29;/h6-9,12-13,16,19-20H,4-5,10-11,14-15,17H2,1-3H3,(H2,24,25,27);1H. The van der Waals surface area contributed by atoms with E-state index in [2.05, 4.69) is 46.7 Å². The molecule has 2 aromatic rings. The lowest BCUT2D eigenvalue weighted by Crippen LogP contribution is -2.50. The summed E-state index contributed by atoms with van der Waals surface area (Å²) in [6, 6.07) is 10.5. The maximum absolute atomic E-state index is 12.6. The molecular weight excluding hydrogens is 503 g/mol. The zero-order valence-electron chi connectivity index (χ0n) is 18.8. The molecule has 0 spiro atoms. The number of piperidine rings is 1. The summed E-state index contributed by atoms with van der Waals surface area (Å²) in [5, 5.41) is 11.2. The minimum absolute atomic E-state index is 0. The summed E-state index contributed by atoms with van der Waals surface area (Å²) in [5.74, 6) is 1.28. The van der Waals surface area contributed by atoms with Gasteiger partial charge in [0.05, 0.1) is 5.69 Å². The van der Waals surface area contributed by atoms with Gasteiger partial charge in [-0.2, -0.15) is 5.10 Å². The van der Waals surface area contributed by atoms with Crippen LogP contribution in [0.3, 0.4) is 0 Å². The van der Waals surface area contributed by atoms with Gasteiger partial charge in [0.1, 0.15) is 0 Å². The Morgan fingerprint density at radius 2 is 1.97 bits per heavy atom. The molecule has 0 aliphatic carbocycles. The number of benzene rings is 1. The number of halogens is 1. The Kier molecular flexibility index (Phi) is 10.3. The second-order valence-corrected chi connectivity index (χ2v) is 7.80. The van der Waals surface area contributed by atoms with Crippen LogP contribution in [0, 0.1) is 5.92 Å². The highest BCUT2D eigenvalue weighted by Crippen LogP contribution is 2.17. The van der Waals surface area contributed by atoms with Gasteiger partial charge in [0, 0.05) is 51.0 Å². The van der Waals surface area contributed by atoms with Crippen LogP contribution in [0.2, 0.25) is 0 Å². The SMILES string of the molecule is CCC(CC)C(=O)N1CCC(NC(=NC)NCc2cccc(-n3cccn3)c2)CC1.I. The summed E-state index contributed by atoms with van der Waals surface area (Å²) >= 11 is 0. The van der Waals surface area contributed by atoms with E-state index in [9.17, 15) is 4.79 Å². The monoisotopic (exact) mass is 538 g/mol. The van der Waals surface area contributed by atoms with Gasteiger partial charge in [-0.15, -0.1) is 24.0 Å². The van der Waals surface area contributed by atoms with E-state index < -0.39 is 0 Å². The van der Waals surface area contributed by atoms with Gasteiger partial charge in [0.2, 0.25) is 5.91 Å². The summed E-state index contributed by atoms with van der Waals surface area (Å²) in [6.45, 7) is 6.51. The van der Waals surface area contributed by atoms with Gasteiger partial charge in [-0.25, -0.2) is 4.68 Å². The highest BCUT2D eigenvalue weighted by atomic mass is 127. The highest BCUT2D eigenvalue weighted by Gasteiger charge is 2.26. The number of rotatable bonds is 7. The average Bonchev–Trinajstić information content (AvgIpc) is 3.33. The van der Waals surface area contributed by atoms with Gasteiger partial charge in [0.25, 0.3) is 0 Å².